The average Bonchev–Trinajstić information content (AvgIpc) is 2.93. The molecular weight excluding hydrogens is 311 g/mol. The highest BCUT2D eigenvalue weighted by Gasteiger charge is 2.34. The largest absolute Gasteiger partial charge is 0.466 e. The summed E-state index contributed by atoms with van der Waals surface area (Å²) in [6, 6.07) is 0.979. The molecular formula is C15H22F3N3O2. The lowest BCUT2D eigenvalue weighted by atomic mass is 10.1. The minimum absolute atomic E-state index is 0.213. The molecule has 2 rings (SSSR count). The zero-order chi connectivity index (χ0) is 17.2. The molecule has 1 aliphatic heterocycles. The van der Waals surface area contributed by atoms with E-state index < -0.39 is 12.7 Å². The number of halogens is 3. The quantitative estimate of drug-likeness (QED) is 0.891. The van der Waals surface area contributed by atoms with Gasteiger partial charge in [-0.15, -0.1) is 0 Å². The molecule has 0 spiro atoms. The molecule has 1 aromatic heterocycles. The lowest BCUT2D eigenvalue weighted by Crippen LogP contribution is -2.44. The summed E-state index contributed by atoms with van der Waals surface area (Å²) in [6.45, 7) is 5.10. The molecule has 0 unspecified atom stereocenters. The highest BCUT2D eigenvalue weighted by molar-refractivity contribution is 5.74. The number of hydrogen-bond acceptors (Lipinski definition) is 3. The smallest absolute Gasteiger partial charge is 0.401 e. The number of furan rings is 1. The maximum Gasteiger partial charge on any atom is 0.401 e. The van der Waals surface area contributed by atoms with E-state index in [-0.39, 0.29) is 24.7 Å². The first-order valence-electron chi connectivity index (χ1n) is 7.57. The van der Waals surface area contributed by atoms with Crippen molar-refractivity contribution in [1.82, 2.24) is 15.5 Å². The highest BCUT2D eigenvalue weighted by Crippen LogP contribution is 2.22. The van der Waals surface area contributed by atoms with E-state index in [4.69, 9.17) is 4.42 Å². The first kappa shape index (κ1) is 17.7. The van der Waals surface area contributed by atoms with E-state index in [1.807, 2.05) is 26.8 Å². The fourth-order valence-electron chi connectivity index (χ4n) is 2.93. The maximum absolute atomic E-state index is 12.3. The number of rotatable bonds is 4. The van der Waals surface area contributed by atoms with Crippen LogP contribution in [0.4, 0.5) is 18.0 Å². The van der Waals surface area contributed by atoms with Crippen LogP contribution in [0.1, 0.15) is 36.5 Å². The Balaban J connectivity index is 1.80. The molecule has 1 aliphatic rings. The van der Waals surface area contributed by atoms with Crippen LogP contribution in [0.25, 0.3) is 0 Å². The van der Waals surface area contributed by atoms with E-state index in [9.17, 15) is 18.0 Å². The summed E-state index contributed by atoms with van der Waals surface area (Å²) in [5.74, 6) is 1.51. The van der Waals surface area contributed by atoms with Crippen molar-refractivity contribution in [2.24, 2.45) is 0 Å². The van der Waals surface area contributed by atoms with E-state index in [1.165, 1.54) is 4.90 Å². The summed E-state index contributed by atoms with van der Waals surface area (Å²) < 4.78 is 42.5. The van der Waals surface area contributed by atoms with Crippen LogP contribution in [-0.2, 0) is 0 Å². The van der Waals surface area contributed by atoms with Gasteiger partial charge >= 0.3 is 12.2 Å². The Labute approximate surface area is 133 Å². The van der Waals surface area contributed by atoms with Crippen LogP contribution in [0.3, 0.4) is 0 Å². The number of nitrogens with zero attached hydrogens (tertiary/aromatic N) is 1. The first-order valence-corrected chi connectivity index (χ1v) is 7.57. The molecule has 0 radical (unpaired) electrons. The molecule has 0 aliphatic carbocycles. The Bertz CT molecular complexity index is 557. The van der Waals surface area contributed by atoms with E-state index in [1.54, 1.807) is 0 Å². The third-order valence-corrected chi connectivity index (χ3v) is 3.90. The summed E-state index contributed by atoms with van der Waals surface area (Å²) >= 11 is 0. The first-order chi connectivity index (χ1) is 10.6. The van der Waals surface area contributed by atoms with Crippen molar-refractivity contribution >= 4 is 6.03 Å². The van der Waals surface area contributed by atoms with Crippen LogP contribution >= 0.6 is 0 Å². The van der Waals surface area contributed by atoms with Gasteiger partial charge in [-0.25, -0.2) is 4.79 Å². The Morgan fingerprint density at radius 3 is 2.74 bits per heavy atom. The summed E-state index contributed by atoms with van der Waals surface area (Å²) in [5.41, 5.74) is 0.891. The fourth-order valence-corrected chi connectivity index (χ4v) is 2.93. The van der Waals surface area contributed by atoms with Crippen molar-refractivity contribution in [2.75, 3.05) is 19.6 Å². The SMILES string of the molecule is Cc1cc([C@H](C)NC(=O)N[C@H]2CCN(CC(F)(F)F)C2)c(C)o1. The molecule has 5 nitrogen and oxygen atoms in total. The number of carbonyl (C=O) groups is 1. The summed E-state index contributed by atoms with van der Waals surface area (Å²) in [6.07, 6.45) is -3.69. The van der Waals surface area contributed by atoms with Crippen LogP contribution in [0.2, 0.25) is 0 Å². The molecule has 2 N–H and O–H groups in total. The Kier molecular flexibility index (Phi) is 5.23. The van der Waals surface area contributed by atoms with Crippen molar-refractivity contribution < 1.29 is 22.4 Å². The Morgan fingerprint density at radius 1 is 1.48 bits per heavy atom. The second-order valence-electron chi connectivity index (χ2n) is 6.04. The monoisotopic (exact) mass is 333 g/mol. The lowest BCUT2D eigenvalue weighted by Gasteiger charge is -2.19. The van der Waals surface area contributed by atoms with Crippen LogP contribution in [-0.4, -0.2) is 42.8 Å². The zero-order valence-electron chi connectivity index (χ0n) is 13.5. The number of likely N-dealkylation sites (tertiary alicyclic amines) is 1. The predicted octanol–water partition coefficient (Wildman–Crippen LogP) is 2.89. The molecule has 0 aromatic carbocycles. The van der Waals surface area contributed by atoms with Crippen LogP contribution < -0.4 is 10.6 Å². The van der Waals surface area contributed by atoms with Gasteiger partial charge < -0.3 is 15.1 Å². The minimum atomic E-state index is -4.21. The van der Waals surface area contributed by atoms with Crippen LogP contribution in [0.5, 0.6) is 0 Å². The van der Waals surface area contributed by atoms with E-state index in [0.717, 1.165) is 17.1 Å². The lowest BCUT2D eigenvalue weighted by molar-refractivity contribution is -0.143. The second-order valence-corrected chi connectivity index (χ2v) is 6.04. The molecule has 1 saturated heterocycles. The molecule has 8 heteroatoms. The number of hydrogen-bond donors (Lipinski definition) is 2. The van der Waals surface area contributed by atoms with Crippen molar-refractivity contribution in [3.05, 3.63) is 23.2 Å². The fraction of sp³-hybridized carbons (Fsp3) is 0.667. The number of urea groups is 1. The molecule has 0 saturated carbocycles. The van der Waals surface area contributed by atoms with Gasteiger partial charge in [0.1, 0.15) is 11.5 Å². The molecule has 0 bridgehead atoms. The molecule has 130 valence electrons. The second kappa shape index (κ2) is 6.82. The van der Waals surface area contributed by atoms with Crippen molar-refractivity contribution in [3.8, 4) is 0 Å². The number of alkyl halides is 3. The van der Waals surface area contributed by atoms with Crippen molar-refractivity contribution in [3.63, 3.8) is 0 Å². The zero-order valence-corrected chi connectivity index (χ0v) is 13.5. The normalized spacial score (nSPS) is 20.5. The number of nitrogens with one attached hydrogen (secondary N) is 2. The van der Waals surface area contributed by atoms with Gasteiger partial charge in [0.2, 0.25) is 0 Å². The predicted molar refractivity (Wildman–Crippen MR) is 79.2 cm³/mol. The molecule has 1 fully saturated rings. The van der Waals surface area contributed by atoms with Gasteiger partial charge in [-0.1, -0.05) is 0 Å². The van der Waals surface area contributed by atoms with Crippen LogP contribution in [0.15, 0.2) is 10.5 Å². The molecule has 1 aromatic rings. The van der Waals surface area contributed by atoms with E-state index >= 15 is 0 Å². The van der Waals surface area contributed by atoms with Crippen molar-refractivity contribution in [1.29, 1.82) is 0 Å². The van der Waals surface area contributed by atoms with Gasteiger partial charge in [-0.05, 0) is 33.3 Å². The van der Waals surface area contributed by atoms with Gasteiger partial charge in [-0.2, -0.15) is 13.2 Å². The number of carbonyl (C=O) groups excluding carboxylic acids is 1. The van der Waals surface area contributed by atoms with Gasteiger partial charge in [-0.3, -0.25) is 4.90 Å². The number of aryl methyl sites for hydroxylation is 2. The average molecular weight is 333 g/mol. The summed E-state index contributed by atoms with van der Waals surface area (Å²) in [5, 5.41) is 5.52. The minimum Gasteiger partial charge on any atom is -0.466 e. The standard InChI is InChI=1S/C15H22F3N3O2/c1-9-6-13(11(3)23-9)10(2)19-14(22)20-12-4-5-21(7-12)8-15(16,17)18/h6,10,12H,4-5,7-8H2,1-3H3,(H2,19,20,22)/t10-,12-/m0/s1. The molecule has 2 atom stereocenters. The molecule has 2 amide bonds. The van der Waals surface area contributed by atoms with Crippen LogP contribution in [0, 0.1) is 13.8 Å². The Morgan fingerprint density at radius 2 is 2.17 bits per heavy atom. The molecule has 2 heterocycles. The summed E-state index contributed by atoms with van der Waals surface area (Å²) in [7, 11) is 0. The maximum atomic E-state index is 12.3. The van der Waals surface area contributed by atoms with Crippen molar-refractivity contribution in [2.45, 2.75) is 45.5 Å². The van der Waals surface area contributed by atoms with E-state index in [2.05, 4.69) is 10.6 Å². The molecule has 23 heavy (non-hydrogen) atoms. The Hall–Kier alpha value is -1.70. The number of amides is 2. The van der Waals surface area contributed by atoms with Gasteiger partial charge in [0.25, 0.3) is 0 Å². The van der Waals surface area contributed by atoms with E-state index in [0.29, 0.717) is 13.0 Å². The third kappa shape index (κ3) is 5.16. The third-order valence-electron chi connectivity index (χ3n) is 3.90. The van der Waals surface area contributed by atoms with Gasteiger partial charge in [0.15, 0.2) is 0 Å². The highest BCUT2D eigenvalue weighted by atomic mass is 19.4. The summed E-state index contributed by atoms with van der Waals surface area (Å²) in [4.78, 5) is 13.3. The van der Waals surface area contributed by atoms with Gasteiger partial charge in [0, 0.05) is 24.7 Å². The topological polar surface area (TPSA) is 57.5 Å². The van der Waals surface area contributed by atoms with Gasteiger partial charge in [0.05, 0.1) is 12.6 Å².